The van der Waals surface area contributed by atoms with Gasteiger partial charge in [0.15, 0.2) is 0 Å². The fourth-order valence-electron chi connectivity index (χ4n) is 8.33. The van der Waals surface area contributed by atoms with Crippen molar-refractivity contribution in [2.45, 2.75) is 93.3 Å². The standard InChI is InChI=1S/C27H39NOS/c28-26(17-29)6-5-25(15-26)24-4-3-22-10-18(1-2-23(22)11-24)16-30-27-12-19-7-20(13-27)9-21(8-19)14-27/h3-4,11,18-21,25,29H,1-2,5-10,12-17,28H2/t18?,19?,20?,21?,25-,26+,27?/m0/s1. The van der Waals surface area contributed by atoms with E-state index in [1.165, 1.54) is 49.8 Å². The van der Waals surface area contributed by atoms with Gasteiger partial charge in [0.25, 0.3) is 0 Å². The van der Waals surface area contributed by atoms with E-state index < -0.39 is 0 Å². The van der Waals surface area contributed by atoms with Gasteiger partial charge < -0.3 is 10.8 Å². The van der Waals surface area contributed by atoms with Gasteiger partial charge in [-0.3, -0.25) is 0 Å². The van der Waals surface area contributed by atoms with E-state index in [0.29, 0.717) is 10.7 Å². The van der Waals surface area contributed by atoms with Crippen molar-refractivity contribution in [1.82, 2.24) is 0 Å². The molecule has 4 bridgehead atoms. The van der Waals surface area contributed by atoms with E-state index in [-0.39, 0.29) is 12.1 Å². The molecule has 1 aromatic rings. The van der Waals surface area contributed by atoms with Crippen molar-refractivity contribution in [3.8, 4) is 0 Å². The lowest BCUT2D eigenvalue weighted by molar-refractivity contribution is 0.0382. The van der Waals surface area contributed by atoms with Crippen molar-refractivity contribution < 1.29 is 5.11 Å². The molecule has 0 heterocycles. The Kier molecular flexibility index (Phi) is 5.05. The second-order valence-electron chi connectivity index (χ2n) is 12.0. The molecule has 0 saturated heterocycles. The summed E-state index contributed by atoms with van der Waals surface area (Å²) in [6.07, 6.45) is 16.2. The van der Waals surface area contributed by atoms with Crippen LogP contribution in [0.2, 0.25) is 0 Å². The third kappa shape index (κ3) is 3.67. The van der Waals surface area contributed by atoms with Gasteiger partial charge in [-0.15, -0.1) is 0 Å². The number of nitrogens with two attached hydrogens (primary N) is 1. The number of thioether (sulfide) groups is 1. The number of aryl methyl sites for hydroxylation is 1. The van der Waals surface area contributed by atoms with Crippen molar-refractivity contribution in [1.29, 1.82) is 0 Å². The molecule has 1 unspecified atom stereocenters. The first-order chi connectivity index (χ1) is 14.5. The minimum atomic E-state index is -0.347. The Morgan fingerprint density at radius 1 is 0.967 bits per heavy atom. The first-order valence-corrected chi connectivity index (χ1v) is 13.7. The van der Waals surface area contributed by atoms with Gasteiger partial charge in [0.2, 0.25) is 0 Å². The zero-order chi connectivity index (χ0) is 20.3. The molecule has 0 spiro atoms. The zero-order valence-electron chi connectivity index (χ0n) is 18.5. The molecule has 3 heteroatoms. The number of hydrogen-bond acceptors (Lipinski definition) is 3. The molecule has 0 aromatic heterocycles. The molecule has 0 aliphatic heterocycles. The number of hydrogen-bond donors (Lipinski definition) is 2. The smallest absolute Gasteiger partial charge is 0.0611 e. The van der Waals surface area contributed by atoms with E-state index in [1.54, 1.807) is 30.4 Å². The summed E-state index contributed by atoms with van der Waals surface area (Å²) in [5.41, 5.74) is 10.7. The summed E-state index contributed by atoms with van der Waals surface area (Å²) in [4.78, 5) is 0. The van der Waals surface area contributed by atoms with Gasteiger partial charge in [-0.05, 0) is 129 Å². The van der Waals surface area contributed by atoms with Crippen LogP contribution in [0.4, 0.5) is 0 Å². The average molecular weight is 426 g/mol. The third-order valence-electron chi connectivity index (χ3n) is 9.60. The van der Waals surface area contributed by atoms with Crippen LogP contribution in [0.25, 0.3) is 0 Å². The summed E-state index contributed by atoms with van der Waals surface area (Å²) in [5.74, 6) is 6.02. The molecule has 1 aromatic carbocycles. The van der Waals surface area contributed by atoms with E-state index in [4.69, 9.17) is 5.73 Å². The summed E-state index contributed by atoms with van der Waals surface area (Å²) in [5, 5.41) is 9.60. The zero-order valence-corrected chi connectivity index (χ0v) is 19.3. The van der Waals surface area contributed by atoms with Gasteiger partial charge in [0.1, 0.15) is 0 Å². The average Bonchev–Trinajstić information content (AvgIpc) is 3.14. The van der Waals surface area contributed by atoms with Crippen LogP contribution in [0.1, 0.15) is 86.8 Å². The van der Waals surface area contributed by atoms with Gasteiger partial charge in [-0.25, -0.2) is 0 Å². The highest BCUT2D eigenvalue weighted by atomic mass is 32.2. The van der Waals surface area contributed by atoms with Crippen molar-refractivity contribution in [3.63, 3.8) is 0 Å². The van der Waals surface area contributed by atoms with Crippen LogP contribution < -0.4 is 5.73 Å². The van der Waals surface area contributed by atoms with E-state index in [1.807, 2.05) is 0 Å². The summed E-state index contributed by atoms with van der Waals surface area (Å²) in [6, 6.07) is 7.30. The Labute approximate surface area is 186 Å². The molecule has 3 atom stereocenters. The second-order valence-corrected chi connectivity index (χ2v) is 13.5. The van der Waals surface area contributed by atoms with Crippen LogP contribution in [0.15, 0.2) is 18.2 Å². The number of aliphatic hydroxyl groups is 1. The summed E-state index contributed by atoms with van der Waals surface area (Å²) >= 11 is 2.40. The molecule has 164 valence electrons. The molecular formula is C27H39NOS. The second kappa shape index (κ2) is 7.52. The van der Waals surface area contributed by atoms with Crippen LogP contribution in [0.3, 0.4) is 0 Å². The van der Waals surface area contributed by atoms with E-state index in [0.717, 1.165) is 42.9 Å². The SMILES string of the molecule is N[C@]1(CO)CC[C@H](c2ccc3c(c2)CCC(CSC24CC5CC(CC(C5)C2)C4)C3)C1. The van der Waals surface area contributed by atoms with Gasteiger partial charge in [0, 0.05) is 10.3 Å². The predicted molar refractivity (Wildman–Crippen MR) is 126 cm³/mol. The highest BCUT2D eigenvalue weighted by molar-refractivity contribution is 8.00. The van der Waals surface area contributed by atoms with Crippen LogP contribution in [0.5, 0.6) is 0 Å². The first kappa shape index (κ1) is 20.1. The van der Waals surface area contributed by atoms with Crippen LogP contribution in [0, 0.1) is 23.7 Å². The lowest BCUT2D eigenvalue weighted by atomic mass is 9.56. The molecule has 0 amide bonds. The summed E-state index contributed by atoms with van der Waals surface area (Å²) in [7, 11) is 0. The molecule has 2 nitrogen and oxygen atoms in total. The monoisotopic (exact) mass is 425 g/mol. The minimum absolute atomic E-state index is 0.123. The van der Waals surface area contributed by atoms with Gasteiger partial charge in [-0.2, -0.15) is 11.8 Å². The highest BCUT2D eigenvalue weighted by Gasteiger charge is 2.51. The maximum atomic E-state index is 9.60. The van der Waals surface area contributed by atoms with Crippen LogP contribution >= 0.6 is 11.8 Å². The van der Waals surface area contributed by atoms with E-state index in [2.05, 4.69) is 30.0 Å². The molecule has 30 heavy (non-hydrogen) atoms. The molecule has 6 aliphatic rings. The fraction of sp³-hybridized carbons (Fsp3) is 0.778. The maximum absolute atomic E-state index is 9.60. The topological polar surface area (TPSA) is 46.2 Å². The van der Waals surface area contributed by atoms with Gasteiger partial charge in [-0.1, -0.05) is 18.2 Å². The van der Waals surface area contributed by atoms with Gasteiger partial charge in [0.05, 0.1) is 6.61 Å². The number of rotatable bonds is 5. The molecular weight excluding hydrogens is 386 g/mol. The molecule has 5 fully saturated rings. The highest BCUT2D eigenvalue weighted by Crippen LogP contribution is 2.61. The molecule has 7 rings (SSSR count). The Morgan fingerprint density at radius 2 is 1.70 bits per heavy atom. The Morgan fingerprint density at radius 3 is 2.37 bits per heavy atom. The van der Waals surface area contributed by atoms with Crippen LogP contribution in [-0.2, 0) is 12.8 Å². The number of fused-ring (bicyclic) bond motifs is 1. The quantitative estimate of drug-likeness (QED) is 0.659. The van der Waals surface area contributed by atoms with Crippen LogP contribution in [-0.4, -0.2) is 27.8 Å². The van der Waals surface area contributed by atoms with Crippen molar-refractivity contribution in [2.75, 3.05) is 12.4 Å². The summed E-state index contributed by atoms with van der Waals surface area (Å²) < 4.78 is 0.669. The minimum Gasteiger partial charge on any atom is -0.394 e. The lowest BCUT2D eigenvalue weighted by Gasteiger charge is -2.56. The molecule has 0 radical (unpaired) electrons. The predicted octanol–water partition coefficient (Wildman–Crippen LogP) is 5.45. The molecule has 6 aliphatic carbocycles. The molecule has 3 N–H and O–H groups in total. The first-order valence-electron chi connectivity index (χ1n) is 12.7. The number of aliphatic hydroxyl groups excluding tert-OH is 1. The molecule has 5 saturated carbocycles. The number of benzene rings is 1. The van der Waals surface area contributed by atoms with E-state index in [9.17, 15) is 5.11 Å². The van der Waals surface area contributed by atoms with Gasteiger partial charge >= 0.3 is 0 Å². The lowest BCUT2D eigenvalue weighted by Crippen LogP contribution is -2.48. The Bertz CT molecular complexity index is 771. The van der Waals surface area contributed by atoms with E-state index >= 15 is 0 Å². The van der Waals surface area contributed by atoms with Crippen molar-refractivity contribution in [2.24, 2.45) is 29.4 Å². The van der Waals surface area contributed by atoms with Crippen molar-refractivity contribution in [3.05, 3.63) is 34.9 Å². The third-order valence-corrected chi connectivity index (χ3v) is 11.3. The maximum Gasteiger partial charge on any atom is 0.0611 e. The normalized spacial score (nSPS) is 44.4. The fourth-order valence-corrected chi connectivity index (χ4v) is 10.3. The summed E-state index contributed by atoms with van der Waals surface area (Å²) in [6.45, 7) is 0.123. The Hall–Kier alpha value is -0.510. The largest absolute Gasteiger partial charge is 0.394 e. The Balaban J connectivity index is 1.08. The van der Waals surface area contributed by atoms with Crippen molar-refractivity contribution >= 4 is 11.8 Å².